The summed E-state index contributed by atoms with van der Waals surface area (Å²) in [5, 5.41) is 3.47. The number of hydrogen-bond acceptors (Lipinski definition) is 2. The Morgan fingerprint density at radius 2 is 1.58 bits per heavy atom. The van der Waals surface area contributed by atoms with Gasteiger partial charge >= 0.3 is 0 Å². The van der Waals surface area contributed by atoms with E-state index in [1.807, 2.05) is 19.2 Å². The fourth-order valence-electron chi connectivity index (χ4n) is 3.82. The number of halogens is 1. The fraction of sp³-hybridized carbons (Fsp3) is 0.217. The van der Waals surface area contributed by atoms with Gasteiger partial charge in [0.2, 0.25) is 0 Å². The summed E-state index contributed by atoms with van der Waals surface area (Å²) in [6.45, 7) is 0. The smallest absolute Gasteiger partial charge is 0.127 e. The predicted octanol–water partition coefficient (Wildman–Crippen LogP) is 5.09. The first-order chi connectivity index (χ1) is 12.7. The third-order valence-corrected chi connectivity index (χ3v) is 5.18. The van der Waals surface area contributed by atoms with Gasteiger partial charge in [0.25, 0.3) is 0 Å². The number of fused-ring (bicyclic) bond motifs is 1. The summed E-state index contributed by atoms with van der Waals surface area (Å²) in [5.74, 6) is 1.63. The first-order valence-electron chi connectivity index (χ1n) is 9.00. The molecule has 1 N–H and O–H groups in total. The highest BCUT2D eigenvalue weighted by molar-refractivity contribution is 5.40. The van der Waals surface area contributed by atoms with E-state index < -0.39 is 0 Å². The van der Waals surface area contributed by atoms with E-state index in [1.54, 1.807) is 12.1 Å². The molecule has 3 aromatic rings. The zero-order chi connectivity index (χ0) is 17.9. The minimum Gasteiger partial charge on any atom is -0.457 e. The first-order valence-corrected chi connectivity index (χ1v) is 9.00. The lowest BCUT2D eigenvalue weighted by Crippen LogP contribution is -2.30. The summed E-state index contributed by atoms with van der Waals surface area (Å²) in [7, 11) is 2.04. The molecule has 0 radical (unpaired) electrons. The molecule has 26 heavy (non-hydrogen) atoms. The minimum atomic E-state index is -0.261. The Hall–Kier alpha value is -2.65. The van der Waals surface area contributed by atoms with Gasteiger partial charge < -0.3 is 10.1 Å². The van der Waals surface area contributed by atoms with Crippen LogP contribution in [0.25, 0.3) is 0 Å². The Labute approximate surface area is 153 Å². The van der Waals surface area contributed by atoms with Crippen LogP contribution in [0.4, 0.5) is 4.39 Å². The van der Waals surface area contributed by atoms with E-state index in [0.29, 0.717) is 17.7 Å². The molecule has 0 unspecified atom stereocenters. The third kappa shape index (κ3) is 3.49. The maximum Gasteiger partial charge on any atom is 0.127 e. The van der Waals surface area contributed by atoms with E-state index in [-0.39, 0.29) is 5.82 Å². The van der Waals surface area contributed by atoms with Gasteiger partial charge in [-0.1, -0.05) is 36.4 Å². The van der Waals surface area contributed by atoms with Crippen molar-refractivity contribution in [3.05, 3.63) is 95.3 Å². The molecule has 0 spiro atoms. The molecule has 3 aromatic carbocycles. The average molecular weight is 347 g/mol. The summed E-state index contributed by atoms with van der Waals surface area (Å²) >= 11 is 0. The Bertz CT molecular complexity index is 873. The largest absolute Gasteiger partial charge is 0.457 e. The molecule has 3 heteroatoms. The molecule has 0 heterocycles. The molecule has 4 rings (SSSR count). The highest BCUT2D eigenvalue weighted by Gasteiger charge is 2.30. The molecule has 0 aliphatic heterocycles. The van der Waals surface area contributed by atoms with Crippen molar-refractivity contribution < 1.29 is 9.13 Å². The van der Waals surface area contributed by atoms with Gasteiger partial charge in [-0.05, 0) is 73.0 Å². The van der Waals surface area contributed by atoms with Crippen LogP contribution in [0.3, 0.4) is 0 Å². The number of ether oxygens (including phenoxy) is 1. The molecule has 0 aromatic heterocycles. The van der Waals surface area contributed by atoms with Crippen molar-refractivity contribution in [2.24, 2.45) is 0 Å². The van der Waals surface area contributed by atoms with Crippen molar-refractivity contribution in [1.29, 1.82) is 0 Å². The SMILES string of the molecule is CN[C@@H]1Cc2ccccc2[C@@H]1Cc1ccc(Oc2ccc(F)cc2)cc1. The second-order valence-corrected chi connectivity index (χ2v) is 6.81. The van der Waals surface area contributed by atoms with Crippen LogP contribution in [0.1, 0.15) is 22.6 Å². The van der Waals surface area contributed by atoms with Crippen LogP contribution in [0.5, 0.6) is 11.5 Å². The van der Waals surface area contributed by atoms with Crippen molar-refractivity contribution >= 4 is 0 Å². The lowest BCUT2D eigenvalue weighted by atomic mass is 9.91. The molecule has 0 fully saturated rings. The van der Waals surface area contributed by atoms with E-state index >= 15 is 0 Å². The number of benzene rings is 3. The molecule has 0 saturated heterocycles. The van der Waals surface area contributed by atoms with E-state index in [9.17, 15) is 4.39 Å². The van der Waals surface area contributed by atoms with E-state index in [1.165, 1.54) is 28.8 Å². The van der Waals surface area contributed by atoms with Crippen molar-refractivity contribution in [2.45, 2.75) is 24.8 Å². The van der Waals surface area contributed by atoms with Gasteiger partial charge in [-0.3, -0.25) is 0 Å². The van der Waals surface area contributed by atoms with Crippen LogP contribution >= 0.6 is 0 Å². The van der Waals surface area contributed by atoms with Gasteiger partial charge in [0.15, 0.2) is 0 Å². The molecule has 132 valence electrons. The zero-order valence-electron chi connectivity index (χ0n) is 14.8. The topological polar surface area (TPSA) is 21.3 Å². The molecule has 0 saturated carbocycles. The van der Waals surface area contributed by atoms with Crippen molar-refractivity contribution in [1.82, 2.24) is 5.32 Å². The monoisotopic (exact) mass is 347 g/mol. The van der Waals surface area contributed by atoms with Crippen molar-refractivity contribution in [3.8, 4) is 11.5 Å². The third-order valence-electron chi connectivity index (χ3n) is 5.18. The summed E-state index contributed by atoms with van der Waals surface area (Å²) in [6, 6.07) is 23.5. The number of rotatable bonds is 5. The molecule has 2 nitrogen and oxygen atoms in total. The van der Waals surface area contributed by atoms with Crippen LogP contribution in [0, 0.1) is 5.82 Å². The van der Waals surface area contributed by atoms with Gasteiger partial charge in [-0.15, -0.1) is 0 Å². The van der Waals surface area contributed by atoms with Crippen molar-refractivity contribution in [2.75, 3.05) is 7.05 Å². The standard InChI is InChI=1S/C23H22FNO/c1-25-23-15-17-4-2-3-5-21(17)22(23)14-16-6-10-19(11-7-16)26-20-12-8-18(24)9-13-20/h2-13,22-23,25H,14-15H2,1H3/t22-,23+/m0/s1. The molecule has 1 aliphatic rings. The highest BCUT2D eigenvalue weighted by atomic mass is 19.1. The van der Waals surface area contributed by atoms with Crippen LogP contribution in [0.2, 0.25) is 0 Å². The average Bonchev–Trinajstić information content (AvgIpc) is 3.03. The van der Waals surface area contributed by atoms with Gasteiger partial charge in [-0.25, -0.2) is 4.39 Å². The lowest BCUT2D eigenvalue weighted by molar-refractivity contribution is 0.478. The van der Waals surface area contributed by atoms with Gasteiger partial charge in [0.1, 0.15) is 17.3 Å². The summed E-state index contributed by atoms with van der Waals surface area (Å²) in [6.07, 6.45) is 2.09. The molecule has 2 atom stereocenters. The summed E-state index contributed by atoms with van der Waals surface area (Å²) in [5.41, 5.74) is 4.20. The minimum absolute atomic E-state index is 0.261. The molecular formula is C23H22FNO. The van der Waals surface area contributed by atoms with Gasteiger partial charge in [0.05, 0.1) is 0 Å². The maximum absolute atomic E-state index is 13.0. The second kappa shape index (κ2) is 7.30. The predicted molar refractivity (Wildman–Crippen MR) is 102 cm³/mol. The quantitative estimate of drug-likeness (QED) is 0.694. The Morgan fingerprint density at radius 1 is 0.923 bits per heavy atom. The molecule has 0 bridgehead atoms. The Morgan fingerprint density at radius 3 is 2.27 bits per heavy atom. The highest BCUT2D eigenvalue weighted by Crippen LogP contribution is 2.36. The number of likely N-dealkylation sites (N-methyl/N-ethyl adjacent to an activating group) is 1. The molecule has 0 amide bonds. The normalized spacial score (nSPS) is 18.5. The Balaban J connectivity index is 1.48. The van der Waals surface area contributed by atoms with Crippen LogP contribution in [-0.4, -0.2) is 13.1 Å². The van der Waals surface area contributed by atoms with Gasteiger partial charge in [0, 0.05) is 12.0 Å². The van der Waals surface area contributed by atoms with Crippen LogP contribution < -0.4 is 10.1 Å². The molecular weight excluding hydrogens is 325 g/mol. The number of nitrogens with one attached hydrogen (secondary N) is 1. The number of hydrogen-bond donors (Lipinski definition) is 1. The van der Waals surface area contributed by atoms with Gasteiger partial charge in [-0.2, -0.15) is 0 Å². The Kier molecular flexibility index (Phi) is 4.72. The zero-order valence-corrected chi connectivity index (χ0v) is 14.8. The first kappa shape index (κ1) is 16.8. The fourth-order valence-corrected chi connectivity index (χ4v) is 3.82. The van der Waals surface area contributed by atoms with E-state index in [0.717, 1.165) is 18.6 Å². The second-order valence-electron chi connectivity index (χ2n) is 6.81. The lowest BCUT2D eigenvalue weighted by Gasteiger charge is -2.20. The van der Waals surface area contributed by atoms with E-state index in [4.69, 9.17) is 4.74 Å². The summed E-state index contributed by atoms with van der Waals surface area (Å²) in [4.78, 5) is 0. The van der Waals surface area contributed by atoms with Crippen molar-refractivity contribution in [3.63, 3.8) is 0 Å². The van der Waals surface area contributed by atoms with Crippen LogP contribution in [-0.2, 0) is 12.8 Å². The molecule has 1 aliphatic carbocycles. The van der Waals surface area contributed by atoms with Crippen LogP contribution in [0.15, 0.2) is 72.8 Å². The van der Waals surface area contributed by atoms with E-state index in [2.05, 4.69) is 41.7 Å². The summed E-state index contributed by atoms with van der Waals surface area (Å²) < 4.78 is 18.8. The maximum atomic E-state index is 13.0.